The summed E-state index contributed by atoms with van der Waals surface area (Å²) in [6.45, 7) is 0. The van der Waals surface area contributed by atoms with E-state index < -0.39 is 18.1 Å². The fourth-order valence-corrected chi connectivity index (χ4v) is 3.94. The number of alkyl halides is 1. The van der Waals surface area contributed by atoms with Crippen LogP contribution in [0.3, 0.4) is 0 Å². The first-order valence-electron chi connectivity index (χ1n) is 10.5. The highest BCUT2D eigenvalue weighted by Crippen LogP contribution is 2.37. The predicted octanol–water partition coefficient (Wildman–Crippen LogP) is 1.87. The van der Waals surface area contributed by atoms with Gasteiger partial charge in [0.15, 0.2) is 5.65 Å². The molecule has 0 aromatic carbocycles. The number of nitrogens with zero attached hydrogens (tertiary/aromatic N) is 4. The second-order valence-corrected chi connectivity index (χ2v) is 8.08. The smallest absolute Gasteiger partial charge is 0.274 e. The lowest BCUT2D eigenvalue weighted by Gasteiger charge is -2.30. The third-order valence-electron chi connectivity index (χ3n) is 6.08. The van der Waals surface area contributed by atoms with Gasteiger partial charge in [-0.25, -0.2) is 9.37 Å². The highest BCUT2D eigenvalue weighted by atomic mass is 19.1. The van der Waals surface area contributed by atoms with Crippen LogP contribution in [0.1, 0.15) is 35.7 Å². The van der Waals surface area contributed by atoms with Gasteiger partial charge in [-0.3, -0.25) is 9.59 Å². The van der Waals surface area contributed by atoms with Crippen molar-refractivity contribution in [3.8, 4) is 0 Å². The number of amides is 1. The van der Waals surface area contributed by atoms with E-state index in [1.54, 1.807) is 43.1 Å². The molecule has 3 aromatic heterocycles. The summed E-state index contributed by atoms with van der Waals surface area (Å²) in [6, 6.07) is 4.69. The van der Waals surface area contributed by atoms with E-state index in [0.29, 0.717) is 35.8 Å². The molecule has 2 unspecified atom stereocenters. The van der Waals surface area contributed by atoms with Crippen LogP contribution >= 0.6 is 0 Å². The molecule has 0 spiro atoms. The number of carbonyl (C=O) groups is 1. The summed E-state index contributed by atoms with van der Waals surface area (Å²) in [5, 5.41) is 13.0. The van der Waals surface area contributed by atoms with E-state index in [0.717, 1.165) is 6.42 Å². The number of aromatic nitrogens is 4. The Morgan fingerprint density at radius 2 is 2.19 bits per heavy atom. The lowest BCUT2D eigenvalue weighted by Crippen LogP contribution is -2.48. The summed E-state index contributed by atoms with van der Waals surface area (Å²) in [5.41, 5.74) is 0.698. The van der Waals surface area contributed by atoms with E-state index >= 15 is 0 Å². The number of ether oxygens (including phenoxy) is 1. The van der Waals surface area contributed by atoms with Crippen molar-refractivity contribution in [3.63, 3.8) is 0 Å². The van der Waals surface area contributed by atoms with Crippen LogP contribution in [-0.4, -0.2) is 57.5 Å². The number of nitrogens with one attached hydrogen (secondary N) is 3. The number of anilines is 3. The van der Waals surface area contributed by atoms with Gasteiger partial charge in [0.1, 0.15) is 29.1 Å². The molecule has 2 aliphatic carbocycles. The average molecular weight is 441 g/mol. The van der Waals surface area contributed by atoms with Crippen LogP contribution in [0.25, 0.3) is 5.65 Å². The Kier molecular flexibility index (Phi) is 5.04. The SMILES string of the molecule is CNc1cc(Nc2cccn(C3C[C@H]3OC)c2=O)nc2c(C(=O)NC3CC[C@H]3F)cnn12. The molecule has 32 heavy (non-hydrogen) atoms. The second kappa shape index (κ2) is 7.90. The van der Waals surface area contributed by atoms with Gasteiger partial charge in [-0.2, -0.15) is 9.61 Å². The zero-order valence-corrected chi connectivity index (χ0v) is 17.7. The number of halogens is 1. The number of rotatable bonds is 7. The molecule has 1 amide bonds. The fraction of sp³-hybridized carbons (Fsp3) is 0.429. The van der Waals surface area contributed by atoms with Crippen molar-refractivity contribution in [2.45, 2.75) is 43.6 Å². The van der Waals surface area contributed by atoms with Gasteiger partial charge >= 0.3 is 0 Å². The van der Waals surface area contributed by atoms with E-state index in [4.69, 9.17) is 4.74 Å². The lowest BCUT2D eigenvalue weighted by atomic mass is 9.90. The predicted molar refractivity (Wildman–Crippen MR) is 116 cm³/mol. The number of carbonyl (C=O) groups excluding carboxylic acids is 1. The Morgan fingerprint density at radius 1 is 1.34 bits per heavy atom. The maximum absolute atomic E-state index is 13.6. The van der Waals surface area contributed by atoms with E-state index in [2.05, 4.69) is 26.0 Å². The van der Waals surface area contributed by atoms with Gasteiger partial charge in [0.05, 0.1) is 24.4 Å². The molecular weight excluding hydrogens is 417 g/mol. The molecule has 0 bridgehead atoms. The Bertz CT molecular complexity index is 1240. The molecule has 3 aromatic rings. The van der Waals surface area contributed by atoms with E-state index in [1.165, 1.54) is 10.7 Å². The van der Waals surface area contributed by atoms with E-state index in [9.17, 15) is 14.0 Å². The first-order chi connectivity index (χ1) is 15.5. The van der Waals surface area contributed by atoms with Crippen molar-refractivity contribution in [2.75, 3.05) is 24.8 Å². The highest BCUT2D eigenvalue weighted by Gasteiger charge is 2.39. The Morgan fingerprint density at radius 3 is 2.84 bits per heavy atom. The van der Waals surface area contributed by atoms with Crippen molar-refractivity contribution in [2.24, 2.45) is 0 Å². The highest BCUT2D eigenvalue weighted by molar-refractivity contribution is 6.00. The molecule has 5 rings (SSSR count). The molecule has 10 nitrogen and oxygen atoms in total. The fourth-order valence-electron chi connectivity index (χ4n) is 3.94. The van der Waals surface area contributed by atoms with E-state index in [1.807, 2.05) is 0 Å². The van der Waals surface area contributed by atoms with Crippen molar-refractivity contribution in [1.82, 2.24) is 24.5 Å². The summed E-state index contributed by atoms with van der Waals surface area (Å²) in [4.78, 5) is 30.2. The normalized spacial score (nSPS) is 24.1. The third-order valence-corrected chi connectivity index (χ3v) is 6.08. The van der Waals surface area contributed by atoms with Crippen LogP contribution in [0.5, 0.6) is 0 Å². The molecule has 3 heterocycles. The second-order valence-electron chi connectivity index (χ2n) is 8.08. The van der Waals surface area contributed by atoms with Gasteiger partial charge in [0.2, 0.25) is 0 Å². The first kappa shape index (κ1) is 20.4. The minimum atomic E-state index is -1.02. The summed E-state index contributed by atoms with van der Waals surface area (Å²) in [6.07, 6.45) is 4.02. The Balaban J connectivity index is 1.46. The molecule has 4 atom stereocenters. The molecule has 11 heteroatoms. The zero-order chi connectivity index (χ0) is 22.4. The summed E-state index contributed by atoms with van der Waals surface area (Å²) < 4.78 is 22.1. The molecular formula is C21H24FN7O3. The van der Waals surface area contributed by atoms with Gasteiger partial charge in [-0.05, 0) is 31.4 Å². The van der Waals surface area contributed by atoms with E-state index in [-0.39, 0.29) is 23.3 Å². The molecule has 168 valence electrons. The summed E-state index contributed by atoms with van der Waals surface area (Å²) in [5.74, 6) is 0.513. The lowest BCUT2D eigenvalue weighted by molar-refractivity contribution is 0.0826. The number of fused-ring (bicyclic) bond motifs is 1. The summed E-state index contributed by atoms with van der Waals surface area (Å²) >= 11 is 0. The monoisotopic (exact) mass is 441 g/mol. The quantitative estimate of drug-likeness (QED) is 0.513. The third kappa shape index (κ3) is 3.48. The molecule has 0 radical (unpaired) electrons. The molecule has 2 aliphatic rings. The molecule has 0 saturated heterocycles. The van der Waals surface area contributed by atoms with Crippen molar-refractivity contribution >= 4 is 28.9 Å². The number of hydrogen-bond acceptors (Lipinski definition) is 7. The largest absolute Gasteiger partial charge is 0.379 e. The minimum Gasteiger partial charge on any atom is -0.379 e. The van der Waals surface area contributed by atoms with Crippen LogP contribution in [-0.2, 0) is 4.74 Å². The molecule has 0 aliphatic heterocycles. The van der Waals surface area contributed by atoms with Crippen LogP contribution in [0.2, 0.25) is 0 Å². The van der Waals surface area contributed by atoms with Gasteiger partial charge in [-0.15, -0.1) is 0 Å². The number of methoxy groups -OCH3 is 1. The van der Waals surface area contributed by atoms with Crippen molar-refractivity contribution in [1.29, 1.82) is 0 Å². The standard InChI is InChI=1S/C21H24FN7O3/c1-23-18-9-17(25-14-4-3-7-28(21(14)31)15-8-16(15)32-2)27-19-11(10-24-29(18)19)20(30)26-13-6-5-12(13)22/h3-4,7,9-10,12-13,15-16,23H,5-6,8H2,1-2H3,(H,25,27)(H,26,30)/t12-,13?,15?,16-/m1/s1. The minimum absolute atomic E-state index is 0.0218. The van der Waals surface area contributed by atoms with Crippen LogP contribution in [0.15, 0.2) is 35.4 Å². The Hall–Kier alpha value is -3.47. The van der Waals surface area contributed by atoms with Gasteiger partial charge in [0.25, 0.3) is 11.5 Å². The molecule has 2 saturated carbocycles. The van der Waals surface area contributed by atoms with Crippen LogP contribution in [0, 0.1) is 0 Å². The summed E-state index contributed by atoms with van der Waals surface area (Å²) in [7, 11) is 3.35. The van der Waals surface area contributed by atoms with Crippen molar-refractivity contribution < 1.29 is 13.9 Å². The molecule has 2 fully saturated rings. The van der Waals surface area contributed by atoms with Crippen molar-refractivity contribution in [3.05, 3.63) is 46.5 Å². The zero-order valence-electron chi connectivity index (χ0n) is 17.7. The van der Waals surface area contributed by atoms with Crippen LogP contribution in [0.4, 0.5) is 21.7 Å². The van der Waals surface area contributed by atoms with Gasteiger partial charge in [-0.1, -0.05) is 0 Å². The van der Waals surface area contributed by atoms with Gasteiger partial charge < -0.3 is 25.3 Å². The average Bonchev–Trinajstić information content (AvgIpc) is 3.46. The van der Waals surface area contributed by atoms with Gasteiger partial charge in [0, 0.05) is 26.4 Å². The maximum atomic E-state index is 13.6. The number of hydrogen-bond donors (Lipinski definition) is 3. The Labute approximate surface area is 182 Å². The molecule has 3 N–H and O–H groups in total. The topological polar surface area (TPSA) is 115 Å². The van der Waals surface area contributed by atoms with Crippen LogP contribution < -0.4 is 21.5 Å². The maximum Gasteiger partial charge on any atom is 0.274 e. The first-order valence-corrected chi connectivity index (χ1v) is 10.5. The number of pyridine rings is 1.